The van der Waals surface area contributed by atoms with Crippen molar-refractivity contribution in [2.24, 2.45) is 5.73 Å². The van der Waals surface area contributed by atoms with E-state index in [1.54, 1.807) is 10.6 Å². The number of ether oxygens (including phenoxy) is 2. The van der Waals surface area contributed by atoms with Crippen molar-refractivity contribution in [1.29, 1.82) is 0 Å². The van der Waals surface area contributed by atoms with Gasteiger partial charge in [0.15, 0.2) is 11.4 Å². The van der Waals surface area contributed by atoms with E-state index in [1.807, 2.05) is 0 Å². The summed E-state index contributed by atoms with van der Waals surface area (Å²) in [7, 11) is 1.37. The van der Waals surface area contributed by atoms with Crippen molar-refractivity contribution >= 4 is 29.1 Å². The number of aromatic nitrogens is 3. The van der Waals surface area contributed by atoms with E-state index in [0.29, 0.717) is 11.6 Å². The third kappa shape index (κ3) is 5.11. The van der Waals surface area contributed by atoms with Gasteiger partial charge in [0.05, 0.1) is 35.6 Å². The fourth-order valence-corrected chi connectivity index (χ4v) is 5.40. The number of nitrogens with two attached hydrogens (primary N) is 1. The maximum Gasteiger partial charge on any atom is 0.424 e. The van der Waals surface area contributed by atoms with Gasteiger partial charge >= 0.3 is 6.18 Å². The number of carbonyl (C=O) groups is 2. The van der Waals surface area contributed by atoms with Gasteiger partial charge in [-0.3, -0.25) is 9.59 Å². The number of alkyl halides is 3. The zero-order chi connectivity index (χ0) is 32.5. The highest BCUT2D eigenvalue weighted by atomic mass is 35.5. The predicted molar refractivity (Wildman–Crippen MR) is 153 cm³/mol. The summed E-state index contributed by atoms with van der Waals surface area (Å²) in [4.78, 5) is 34.3. The Morgan fingerprint density at radius 1 is 1.22 bits per heavy atom. The van der Waals surface area contributed by atoms with E-state index in [4.69, 9.17) is 26.8 Å². The number of carbonyl (C=O) groups excluding carboxylic acids is 2. The number of imidazole rings is 1. The molecule has 1 unspecified atom stereocenters. The molecule has 1 fully saturated rings. The molecular formula is C30H26ClF4N5O5. The quantitative estimate of drug-likeness (QED) is 0.241. The first kappa shape index (κ1) is 30.6. The lowest BCUT2D eigenvalue weighted by Crippen LogP contribution is -2.51. The molecule has 3 aromatic heterocycles. The largest absolute Gasteiger partial charge is 0.493 e. The normalized spacial score (nSPS) is 19.1. The van der Waals surface area contributed by atoms with Gasteiger partial charge in [0.25, 0.3) is 5.91 Å². The summed E-state index contributed by atoms with van der Waals surface area (Å²) in [6.07, 6.45) is -0.293. The van der Waals surface area contributed by atoms with Gasteiger partial charge in [-0.1, -0.05) is 11.6 Å². The minimum Gasteiger partial charge on any atom is -0.493 e. The highest BCUT2D eigenvalue weighted by Gasteiger charge is 2.57. The van der Waals surface area contributed by atoms with Gasteiger partial charge in [-0.05, 0) is 50.1 Å². The van der Waals surface area contributed by atoms with Crippen molar-refractivity contribution in [2.75, 3.05) is 20.3 Å². The maximum absolute atomic E-state index is 14.7. The molecule has 1 saturated carbocycles. The summed E-state index contributed by atoms with van der Waals surface area (Å²) in [5, 5.41) is 13.1. The first-order chi connectivity index (χ1) is 21.2. The number of primary amides is 1. The lowest BCUT2D eigenvalue weighted by atomic mass is 9.81. The molecule has 4 heterocycles. The molecule has 0 bridgehead atoms. The number of aliphatic hydroxyl groups is 1. The number of benzene rings is 1. The van der Waals surface area contributed by atoms with E-state index in [2.05, 4.69) is 15.3 Å². The Hall–Kier alpha value is -4.43. The summed E-state index contributed by atoms with van der Waals surface area (Å²) in [6, 6.07) is 5.52. The summed E-state index contributed by atoms with van der Waals surface area (Å²) in [5.74, 6) is -2.20. The topological polar surface area (TPSA) is 141 Å². The van der Waals surface area contributed by atoms with Gasteiger partial charge in [-0.25, -0.2) is 14.4 Å². The molecule has 0 saturated heterocycles. The van der Waals surface area contributed by atoms with Crippen LogP contribution in [0.5, 0.6) is 11.5 Å². The number of amides is 2. The van der Waals surface area contributed by atoms with E-state index in [9.17, 15) is 32.3 Å². The Morgan fingerprint density at radius 2 is 1.96 bits per heavy atom. The second-order valence-corrected chi connectivity index (χ2v) is 11.8. The molecular weight excluding hydrogens is 622 g/mol. The number of rotatable bonds is 8. The molecule has 2 amide bonds. The molecule has 15 heteroatoms. The van der Waals surface area contributed by atoms with Gasteiger partial charge in [-0.15, -0.1) is 0 Å². The number of fused-ring (bicyclic) bond motifs is 2. The Kier molecular flexibility index (Phi) is 7.20. The van der Waals surface area contributed by atoms with Gasteiger partial charge in [0.1, 0.15) is 29.3 Å². The molecule has 4 aromatic rings. The number of pyridine rings is 2. The molecule has 2 atom stereocenters. The van der Waals surface area contributed by atoms with E-state index in [0.717, 1.165) is 36.7 Å². The molecule has 6 rings (SSSR count). The van der Waals surface area contributed by atoms with Gasteiger partial charge in [0, 0.05) is 29.4 Å². The van der Waals surface area contributed by atoms with Gasteiger partial charge in [0.2, 0.25) is 11.5 Å². The number of halogens is 5. The average molecular weight is 648 g/mol. The van der Waals surface area contributed by atoms with Crippen molar-refractivity contribution in [3.05, 3.63) is 76.1 Å². The van der Waals surface area contributed by atoms with Crippen LogP contribution < -0.4 is 20.5 Å². The van der Waals surface area contributed by atoms with E-state index in [-0.39, 0.29) is 45.5 Å². The maximum atomic E-state index is 14.7. The Bertz CT molecular complexity index is 1880. The highest BCUT2D eigenvalue weighted by molar-refractivity contribution is 6.31. The fraction of sp³-hybridized carbons (Fsp3) is 0.333. The van der Waals surface area contributed by atoms with E-state index >= 15 is 0 Å². The second-order valence-electron chi connectivity index (χ2n) is 11.4. The van der Waals surface area contributed by atoms with Crippen LogP contribution in [-0.2, 0) is 15.8 Å². The van der Waals surface area contributed by atoms with Crippen molar-refractivity contribution in [2.45, 2.75) is 42.9 Å². The standard InChI is InChI=1S/C30H26ClF4N5O5/c1-28(27(36)42)13-45-24-17(28)9-22(39-23(24)15-5-6-19(32)18(31)7-15)29(43,30(33,34)35)12-37-26(41)16-8-21(44-2)25-38-20(14-3-4-14)11-40(25)10-16/h5-11,14,43H,3-4,12-13H2,1-2H3,(H2,36,42)(H,37,41)/t28-,29?/m0/s1. The van der Waals surface area contributed by atoms with Crippen molar-refractivity contribution < 1.29 is 41.7 Å². The lowest BCUT2D eigenvalue weighted by Gasteiger charge is -2.31. The van der Waals surface area contributed by atoms with Crippen LogP contribution in [-0.4, -0.2) is 57.7 Å². The molecule has 1 aliphatic heterocycles. The molecule has 10 nitrogen and oxygen atoms in total. The number of hydrogen-bond donors (Lipinski definition) is 3. The zero-order valence-corrected chi connectivity index (χ0v) is 24.6. The summed E-state index contributed by atoms with van der Waals surface area (Å²) in [5.41, 5.74) is 0.206. The number of hydrogen-bond acceptors (Lipinski definition) is 7. The SMILES string of the molecule is COc1cc(C(=O)NCC(O)(c2cc3c(c(-c4ccc(F)c(Cl)c4)n2)OC[C@]3(C)C(N)=O)C(F)(F)F)cn2cc(C3CC3)nc12. The van der Waals surface area contributed by atoms with E-state index in [1.165, 1.54) is 32.4 Å². The van der Waals surface area contributed by atoms with Crippen LogP contribution in [0.1, 0.15) is 53.0 Å². The summed E-state index contributed by atoms with van der Waals surface area (Å²) >= 11 is 5.93. The number of methoxy groups -OCH3 is 1. The monoisotopic (exact) mass is 647 g/mol. The van der Waals surface area contributed by atoms with Crippen LogP contribution in [0.25, 0.3) is 16.9 Å². The van der Waals surface area contributed by atoms with Crippen LogP contribution in [0.2, 0.25) is 5.02 Å². The minimum atomic E-state index is -5.38. The minimum absolute atomic E-state index is 0.0491. The summed E-state index contributed by atoms with van der Waals surface area (Å²) < 4.78 is 70.8. The molecule has 236 valence electrons. The van der Waals surface area contributed by atoms with Crippen LogP contribution in [0.15, 0.2) is 42.7 Å². The molecule has 45 heavy (non-hydrogen) atoms. The van der Waals surface area contributed by atoms with Crippen LogP contribution in [0.3, 0.4) is 0 Å². The number of nitrogens with zero attached hydrogens (tertiary/aromatic N) is 3. The molecule has 1 aliphatic carbocycles. The molecule has 0 radical (unpaired) electrons. The smallest absolute Gasteiger partial charge is 0.424 e. The van der Waals surface area contributed by atoms with Crippen molar-refractivity contribution in [1.82, 2.24) is 19.7 Å². The fourth-order valence-electron chi connectivity index (χ4n) is 5.22. The lowest BCUT2D eigenvalue weighted by molar-refractivity contribution is -0.265. The van der Waals surface area contributed by atoms with E-state index < -0.39 is 47.1 Å². The number of nitrogens with one attached hydrogen (secondary N) is 1. The first-order valence-corrected chi connectivity index (χ1v) is 14.1. The van der Waals surface area contributed by atoms with Crippen LogP contribution in [0.4, 0.5) is 17.6 Å². The Balaban J connectivity index is 1.41. The van der Waals surface area contributed by atoms with Gasteiger partial charge in [-0.2, -0.15) is 13.2 Å². The third-order valence-electron chi connectivity index (χ3n) is 8.22. The molecule has 2 aliphatic rings. The molecule has 4 N–H and O–H groups in total. The average Bonchev–Trinajstić information content (AvgIpc) is 3.66. The highest BCUT2D eigenvalue weighted by Crippen LogP contribution is 2.48. The van der Waals surface area contributed by atoms with Gasteiger partial charge < -0.3 is 30.0 Å². The molecule has 0 spiro atoms. The molecule has 1 aromatic carbocycles. The predicted octanol–water partition coefficient (Wildman–Crippen LogP) is 4.39. The first-order valence-electron chi connectivity index (χ1n) is 13.7. The van der Waals surface area contributed by atoms with Crippen molar-refractivity contribution in [3.8, 4) is 22.8 Å². The van der Waals surface area contributed by atoms with Crippen molar-refractivity contribution in [3.63, 3.8) is 0 Å². The summed E-state index contributed by atoms with van der Waals surface area (Å²) in [6.45, 7) is -0.321. The van der Waals surface area contributed by atoms with Crippen LogP contribution >= 0.6 is 11.6 Å². The van der Waals surface area contributed by atoms with Crippen LogP contribution in [0, 0.1) is 5.82 Å². The third-order valence-corrected chi connectivity index (χ3v) is 8.51. The Labute approximate surface area is 258 Å². The second kappa shape index (κ2) is 10.6. The zero-order valence-electron chi connectivity index (χ0n) is 23.8. The Morgan fingerprint density at radius 3 is 2.58 bits per heavy atom.